The van der Waals surface area contributed by atoms with Gasteiger partial charge in [0, 0.05) is 11.8 Å². The number of aliphatic hydroxyl groups excluding tert-OH is 2. The van der Waals surface area contributed by atoms with Crippen molar-refractivity contribution in [2.75, 3.05) is 6.61 Å². The zero-order valence-corrected chi connectivity index (χ0v) is 9.54. The van der Waals surface area contributed by atoms with Crippen molar-refractivity contribution < 1.29 is 19.3 Å². The van der Waals surface area contributed by atoms with Crippen LogP contribution in [0, 0.1) is 6.92 Å². The van der Waals surface area contributed by atoms with Gasteiger partial charge in [0.05, 0.1) is 6.61 Å². The molecule has 1 aromatic heterocycles. The van der Waals surface area contributed by atoms with E-state index in [4.69, 9.17) is 9.84 Å². The van der Waals surface area contributed by atoms with Crippen molar-refractivity contribution in [3.8, 4) is 0 Å². The second-order valence-electron chi connectivity index (χ2n) is 4.16. The fraction of sp³-hybridized carbons (Fsp3) is 0.600. The molecule has 100 valence electrons. The van der Waals surface area contributed by atoms with Gasteiger partial charge < -0.3 is 14.9 Å². The van der Waals surface area contributed by atoms with E-state index >= 15 is 0 Å². The minimum atomic E-state index is -1.86. The minimum Gasteiger partial charge on any atom is -0.394 e. The largest absolute Gasteiger partial charge is 0.394 e. The molecule has 1 aromatic rings. The van der Waals surface area contributed by atoms with Crippen molar-refractivity contribution in [1.82, 2.24) is 9.55 Å². The molecule has 1 aliphatic rings. The normalized spacial score (nSPS) is 31.8. The number of rotatable bonds is 2. The Hall–Kier alpha value is -1.51. The second-order valence-corrected chi connectivity index (χ2v) is 4.16. The molecule has 0 spiro atoms. The molecular weight excluding hydrogens is 247 g/mol. The quantitative estimate of drug-likeness (QED) is 0.596. The van der Waals surface area contributed by atoms with E-state index < -0.39 is 42.5 Å². The molecule has 7 nitrogen and oxygen atoms in total. The number of hydrogen-bond donors (Lipinski definition) is 3. The summed E-state index contributed by atoms with van der Waals surface area (Å²) in [4.78, 5) is 24.7. The summed E-state index contributed by atoms with van der Waals surface area (Å²) in [6.07, 6.45) is -4.67. The van der Waals surface area contributed by atoms with Crippen molar-refractivity contribution in [2.24, 2.45) is 0 Å². The van der Waals surface area contributed by atoms with Crippen LogP contribution in [0.2, 0.25) is 0 Å². The standard InChI is InChI=1S/C10H13FN2O5/c1-4-2-13(10(17)12-8(4)16)9-6(11)7(15)5(3-14)18-9/h2,5-7,9,14-15H,3H2,1H3,(H,12,16,17)/t5-,6?,7+,9-/m1/s1. The van der Waals surface area contributed by atoms with Crippen LogP contribution in [0.15, 0.2) is 15.8 Å². The molecule has 3 N–H and O–H groups in total. The SMILES string of the molecule is Cc1cn([C@@H]2O[C@H](CO)[C@H](O)C2F)c(=O)[nH]c1=O. The number of nitrogens with one attached hydrogen (secondary N) is 1. The van der Waals surface area contributed by atoms with Gasteiger partial charge in [-0.15, -0.1) is 0 Å². The van der Waals surface area contributed by atoms with Gasteiger partial charge in [-0.05, 0) is 6.92 Å². The zero-order valence-electron chi connectivity index (χ0n) is 9.54. The molecule has 0 saturated carbocycles. The third-order valence-electron chi connectivity index (χ3n) is 2.89. The van der Waals surface area contributed by atoms with E-state index in [9.17, 15) is 19.1 Å². The molecule has 0 radical (unpaired) electrons. The lowest BCUT2D eigenvalue weighted by Crippen LogP contribution is -2.36. The molecular formula is C10H13FN2O5. The van der Waals surface area contributed by atoms with Gasteiger partial charge in [0.25, 0.3) is 5.56 Å². The lowest BCUT2D eigenvalue weighted by molar-refractivity contribution is -0.0492. The average molecular weight is 260 g/mol. The summed E-state index contributed by atoms with van der Waals surface area (Å²) in [5.41, 5.74) is -1.18. The number of aliphatic hydroxyl groups is 2. The first kappa shape index (κ1) is 12.9. The Kier molecular flexibility index (Phi) is 3.33. The van der Waals surface area contributed by atoms with Gasteiger partial charge >= 0.3 is 5.69 Å². The number of aromatic nitrogens is 2. The Bertz CT molecular complexity index is 554. The van der Waals surface area contributed by atoms with Crippen LogP contribution >= 0.6 is 0 Å². The van der Waals surface area contributed by atoms with Crippen LogP contribution in [-0.4, -0.2) is 44.8 Å². The summed E-state index contributed by atoms with van der Waals surface area (Å²) < 4.78 is 19.7. The van der Waals surface area contributed by atoms with Crippen LogP contribution in [0.4, 0.5) is 4.39 Å². The van der Waals surface area contributed by atoms with E-state index in [1.54, 1.807) is 0 Å². The van der Waals surface area contributed by atoms with E-state index in [2.05, 4.69) is 0 Å². The fourth-order valence-corrected chi connectivity index (χ4v) is 1.85. The number of nitrogens with zero attached hydrogens (tertiary/aromatic N) is 1. The molecule has 0 aromatic carbocycles. The van der Waals surface area contributed by atoms with Gasteiger partial charge in [-0.3, -0.25) is 14.3 Å². The van der Waals surface area contributed by atoms with Gasteiger partial charge in [-0.2, -0.15) is 0 Å². The Morgan fingerprint density at radius 3 is 2.78 bits per heavy atom. The predicted molar refractivity (Wildman–Crippen MR) is 58.0 cm³/mol. The van der Waals surface area contributed by atoms with Crippen molar-refractivity contribution in [2.45, 2.75) is 31.5 Å². The molecule has 1 aliphatic heterocycles. The number of H-pyrrole nitrogens is 1. The first-order valence-electron chi connectivity index (χ1n) is 5.36. The Morgan fingerprint density at radius 1 is 1.56 bits per heavy atom. The van der Waals surface area contributed by atoms with Gasteiger partial charge in [-0.1, -0.05) is 0 Å². The molecule has 4 atom stereocenters. The van der Waals surface area contributed by atoms with E-state index in [1.165, 1.54) is 6.92 Å². The van der Waals surface area contributed by atoms with E-state index in [0.29, 0.717) is 0 Å². The Balaban J connectivity index is 2.42. The highest BCUT2D eigenvalue weighted by Gasteiger charge is 2.45. The van der Waals surface area contributed by atoms with Crippen LogP contribution in [0.25, 0.3) is 0 Å². The topological polar surface area (TPSA) is 105 Å². The summed E-state index contributed by atoms with van der Waals surface area (Å²) in [5, 5.41) is 18.3. The molecule has 2 rings (SSSR count). The fourth-order valence-electron chi connectivity index (χ4n) is 1.85. The van der Waals surface area contributed by atoms with Crippen LogP contribution < -0.4 is 11.2 Å². The van der Waals surface area contributed by atoms with Gasteiger partial charge in [0.15, 0.2) is 12.4 Å². The smallest absolute Gasteiger partial charge is 0.330 e. The number of aromatic amines is 1. The predicted octanol–water partition coefficient (Wildman–Crippen LogP) is -1.57. The third kappa shape index (κ3) is 1.98. The lowest BCUT2D eigenvalue weighted by Gasteiger charge is -2.15. The number of alkyl halides is 1. The minimum absolute atomic E-state index is 0.215. The number of halogens is 1. The Morgan fingerprint density at radius 2 is 2.22 bits per heavy atom. The zero-order chi connectivity index (χ0) is 13.4. The maximum Gasteiger partial charge on any atom is 0.330 e. The molecule has 0 aliphatic carbocycles. The molecule has 18 heavy (non-hydrogen) atoms. The average Bonchev–Trinajstić information content (AvgIpc) is 2.61. The maximum atomic E-state index is 13.8. The highest BCUT2D eigenvalue weighted by molar-refractivity contribution is 5.03. The van der Waals surface area contributed by atoms with Crippen LogP contribution in [-0.2, 0) is 4.74 Å². The first-order chi connectivity index (χ1) is 8.45. The summed E-state index contributed by atoms with van der Waals surface area (Å²) >= 11 is 0. The molecule has 1 saturated heterocycles. The highest BCUT2D eigenvalue weighted by atomic mass is 19.1. The van der Waals surface area contributed by atoms with Crippen molar-refractivity contribution >= 4 is 0 Å². The monoisotopic (exact) mass is 260 g/mol. The van der Waals surface area contributed by atoms with Crippen molar-refractivity contribution in [1.29, 1.82) is 0 Å². The number of ether oxygens (including phenoxy) is 1. The molecule has 2 heterocycles. The first-order valence-corrected chi connectivity index (χ1v) is 5.36. The van der Waals surface area contributed by atoms with Crippen LogP contribution in [0.1, 0.15) is 11.8 Å². The van der Waals surface area contributed by atoms with Crippen molar-refractivity contribution in [3.63, 3.8) is 0 Å². The summed E-state index contributed by atoms with van der Waals surface area (Å²) in [6, 6.07) is 0. The molecule has 0 amide bonds. The van der Waals surface area contributed by atoms with E-state index in [1.807, 2.05) is 4.98 Å². The van der Waals surface area contributed by atoms with Crippen molar-refractivity contribution in [3.05, 3.63) is 32.6 Å². The number of hydrogen-bond acceptors (Lipinski definition) is 5. The molecule has 8 heteroatoms. The van der Waals surface area contributed by atoms with Crippen LogP contribution in [0.3, 0.4) is 0 Å². The van der Waals surface area contributed by atoms with E-state index in [0.717, 1.165) is 10.8 Å². The third-order valence-corrected chi connectivity index (χ3v) is 2.89. The lowest BCUT2D eigenvalue weighted by atomic mass is 10.1. The summed E-state index contributed by atoms with van der Waals surface area (Å²) in [5.74, 6) is 0. The number of aryl methyl sites for hydroxylation is 1. The molecule has 1 fully saturated rings. The summed E-state index contributed by atoms with van der Waals surface area (Å²) in [7, 11) is 0. The van der Waals surface area contributed by atoms with Gasteiger partial charge in [0.1, 0.15) is 12.2 Å². The molecule has 0 bridgehead atoms. The van der Waals surface area contributed by atoms with E-state index in [-0.39, 0.29) is 5.56 Å². The highest BCUT2D eigenvalue weighted by Crippen LogP contribution is 2.30. The van der Waals surface area contributed by atoms with Gasteiger partial charge in [-0.25, -0.2) is 9.18 Å². The van der Waals surface area contributed by atoms with Gasteiger partial charge in [0.2, 0.25) is 0 Å². The molecule has 1 unspecified atom stereocenters. The summed E-state index contributed by atoms with van der Waals surface area (Å²) in [6.45, 7) is 0.895. The Labute approximate surface area is 100 Å². The second kappa shape index (κ2) is 4.63. The van der Waals surface area contributed by atoms with Crippen LogP contribution in [0.5, 0.6) is 0 Å². The maximum absolute atomic E-state index is 13.8.